The molecule has 2 rings (SSSR count). The summed E-state index contributed by atoms with van der Waals surface area (Å²) >= 11 is 1.48. The van der Waals surface area contributed by atoms with Crippen molar-refractivity contribution in [2.75, 3.05) is 6.61 Å². The molecule has 0 aliphatic rings. The number of rotatable bonds is 4. The average Bonchev–Trinajstić information content (AvgIpc) is 2.91. The predicted molar refractivity (Wildman–Crippen MR) is 75.7 cm³/mol. The van der Waals surface area contributed by atoms with Crippen molar-refractivity contribution < 1.29 is 14.8 Å². The van der Waals surface area contributed by atoms with Crippen LogP contribution in [-0.4, -0.2) is 16.6 Å². The Morgan fingerprint density at radius 3 is 2.65 bits per heavy atom. The Hall–Kier alpha value is -2.36. The van der Waals surface area contributed by atoms with Crippen LogP contribution in [0, 0.1) is 22.0 Å². The monoisotopic (exact) mass is 289 g/mol. The van der Waals surface area contributed by atoms with Crippen LogP contribution in [0.25, 0.3) is 0 Å². The van der Waals surface area contributed by atoms with Crippen LogP contribution in [0.5, 0.6) is 5.75 Å². The van der Waals surface area contributed by atoms with Gasteiger partial charge in [0.05, 0.1) is 9.80 Å². The number of nitro benzene ring substituents is 1. The lowest BCUT2D eigenvalue weighted by Crippen LogP contribution is -1.93. The molecule has 6 heteroatoms. The molecule has 1 aromatic carbocycles. The molecule has 0 aliphatic carbocycles. The molecule has 1 N–H and O–H groups in total. The van der Waals surface area contributed by atoms with Gasteiger partial charge in [-0.25, -0.2) is 0 Å². The zero-order chi connectivity index (χ0) is 14.4. The summed E-state index contributed by atoms with van der Waals surface area (Å²) < 4.78 is 5.53. The van der Waals surface area contributed by atoms with E-state index < -0.39 is 4.92 Å². The molecular formula is C14H11NO4S. The van der Waals surface area contributed by atoms with Gasteiger partial charge in [0.25, 0.3) is 5.69 Å². The molecule has 0 radical (unpaired) electrons. The number of hydrogen-bond donors (Lipinski definition) is 1. The summed E-state index contributed by atoms with van der Waals surface area (Å²) in [7, 11) is 0. The SMILES string of the molecule is O=[N+]([O-])c1ccc(OCc2ccc(C#CCO)s2)cc1. The summed E-state index contributed by atoms with van der Waals surface area (Å²) in [5.74, 6) is 5.98. The topological polar surface area (TPSA) is 72.6 Å². The van der Waals surface area contributed by atoms with Gasteiger partial charge in [0.1, 0.15) is 19.0 Å². The zero-order valence-electron chi connectivity index (χ0n) is 10.4. The molecule has 102 valence electrons. The van der Waals surface area contributed by atoms with Crippen molar-refractivity contribution >= 4 is 17.0 Å². The first-order valence-electron chi connectivity index (χ1n) is 5.75. The lowest BCUT2D eigenvalue weighted by atomic mass is 10.3. The number of ether oxygens (including phenoxy) is 1. The van der Waals surface area contributed by atoms with Crippen LogP contribution in [0.2, 0.25) is 0 Å². The second kappa shape index (κ2) is 6.70. The van der Waals surface area contributed by atoms with Gasteiger partial charge in [0, 0.05) is 17.0 Å². The lowest BCUT2D eigenvalue weighted by Gasteiger charge is -2.03. The Kier molecular flexibility index (Phi) is 4.71. The van der Waals surface area contributed by atoms with Crippen LogP contribution < -0.4 is 4.74 Å². The molecule has 0 spiro atoms. The standard InChI is InChI=1S/C14H11NO4S/c16-9-1-2-13-7-8-14(20-13)10-19-12-5-3-11(4-6-12)15(17)18/h3-8,16H,9-10H2. The highest BCUT2D eigenvalue weighted by atomic mass is 32.1. The van der Waals surface area contributed by atoms with Crippen molar-refractivity contribution in [2.45, 2.75) is 6.61 Å². The van der Waals surface area contributed by atoms with E-state index in [9.17, 15) is 10.1 Å². The smallest absolute Gasteiger partial charge is 0.269 e. The molecule has 0 saturated heterocycles. The lowest BCUT2D eigenvalue weighted by molar-refractivity contribution is -0.384. The molecule has 20 heavy (non-hydrogen) atoms. The molecule has 0 atom stereocenters. The van der Waals surface area contributed by atoms with Crippen molar-refractivity contribution in [3.63, 3.8) is 0 Å². The molecule has 1 aromatic heterocycles. The maximum atomic E-state index is 10.5. The number of thiophene rings is 1. The molecule has 2 aromatic rings. The normalized spacial score (nSPS) is 9.65. The van der Waals surface area contributed by atoms with Gasteiger partial charge in [-0.05, 0) is 24.3 Å². The van der Waals surface area contributed by atoms with Crippen molar-refractivity contribution in [2.24, 2.45) is 0 Å². The van der Waals surface area contributed by atoms with Crippen LogP contribution in [0.3, 0.4) is 0 Å². The second-order valence-corrected chi connectivity index (χ2v) is 4.93. The van der Waals surface area contributed by atoms with E-state index in [1.807, 2.05) is 12.1 Å². The maximum absolute atomic E-state index is 10.5. The summed E-state index contributed by atoms with van der Waals surface area (Å²) in [6.07, 6.45) is 0. The minimum atomic E-state index is -0.449. The average molecular weight is 289 g/mol. The first-order chi connectivity index (χ1) is 9.69. The van der Waals surface area contributed by atoms with E-state index in [4.69, 9.17) is 9.84 Å². The first-order valence-corrected chi connectivity index (χ1v) is 6.56. The number of hydrogen-bond acceptors (Lipinski definition) is 5. The summed E-state index contributed by atoms with van der Waals surface area (Å²) in [4.78, 5) is 11.9. The molecule has 0 saturated carbocycles. The molecule has 0 aliphatic heterocycles. The van der Waals surface area contributed by atoms with Gasteiger partial charge >= 0.3 is 0 Å². The summed E-state index contributed by atoms with van der Waals surface area (Å²) in [5, 5.41) is 19.1. The Morgan fingerprint density at radius 1 is 1.25 bits per heavy atom. The van der Waals surface area contributed by atoms with Gasteiger partial charge in [0.2, 0.25) is 0 Å². The minimum absolute atomic E-state index is 0.0371. The molecule has 0 amide bonds. The second-order valence-electron chi connectivity index (χ2n) is 3.77. The van der Waals surface area contributed by atoms with E-state index >= 15 is 0 Å². The van der Waals surface area contributed by atoms with Gasteiger partial charge in [-0.1, -0.05) is 11.8 Å². The first kappa shape index (κ1) is 14.1. The number of nitrogens with zero attached hydrogens (tertiary/aromatic N) is 1. The summed E-state index contributed by atoms with van der Waals surface area (Å²) in [6, 6.07) is 9.71. The third kappa shape index (κ3) is 3.82. The van der Waals surface area contributed by atoms with Gasteiger partial charge in [-0.2, -0.15) is 0 Å². The fourth-order valence-corrected chi connectivity index (χ4v) is 2.26. The van der Waals surface area contributed by atoms with E-state index in [1.54, 1.807) is 12.1 Å². The van der Waals surface area contributed by atoms with Crippen LogP contribution in [0.1, 0.15) is 9.75 Å². The highest BCUT2D eigenvalue weighted by molar-refractivity contribution is 7.12. The summed E-state index contributed by atoms with van der Waals surface area (Å²) in [6.45, 7) is 0.218. The molecular weight excluding hydrogens is 278 g/mol. The largest absolute Gasteiger partial charge is 0.488 e. The van der Waals surface area contributed by atoms with Gasteiger partial charge < -0.3 is 9.84 Å². The third-order valence-electron chi connectivity index (χ3n) is 2.38. The Bertz CT molecular complexity index is 652. The van der Waals surface area contributed by atoms with Gasteiger partial charge in [-0.3, -0.25) is 10.1 Å². The van der Waals surface area contributed by atoms with E-state index in [0.717, 1.165) is 9.75 Å². The zero-order valence-corrected chi connectivity index (χ0v) is 11.2. The molecule has 1 heterocycles. The predicted octanol–water partition coefficient (Wildman–Crippen LogP) is 2.58. The van der Waals surface area contributed by atoms with Crippen molar-refractivity contribution in [3.8, 4) is 17.6 Å². The number of benzene rings is 1. The number of aliphatic hydroxyl groups is 1. The molecule has 0 bridgehead atoms. The fourth-order valence-electron chi connectivity index (χ4n) is 1.47. The summed E-state index contributed by atoms with van der Waals surface area (Å²) in [5.41, 5.74) is 0.0371. The molecule has 0 fully saturated rings. The molecule has 0 unspecified atom stereocenters. The Labute approximate surface area is 119 Å². The van der Waals surface area contributed by atoms with Crippen LogP contribution in [0.15, 0.2) is 36.4 Å². The molecule has 5 nitrogen and oxygen atoms in total. The highest BCUT2D eigenvalue weighted by Gasteiger charge is 2.05. The Morgan fingerprint density at radius 2 is 2.00 bits per heavy atom. The maximum Gasteiger partial charge on any atom is 0.269 e. The third-order valence-corrected chi connectivity index (χ3v) is 3.36. The van der Waals surface area contributed by atoms with Gasteiger partial charge in [0.15, 0.2) is 0 Å². The van der Waals surface area contributed by atoms with E-state index in [-0.39, 0.29) is 12.3 Å². The van der Waals surface area contributed by atoms with Crippen molar-refractivity contribution in [1.29, 1.82) is 0 Å². The van der Waals surface area contributed by atoms with Crippen LogP contribution >= 0.6 is 11.3 Å². The quantitative estimate of drug-likeness (QED) is 0.533. The van der Waals surface area contributed by atoms with Crippen LogP contribution in [0.4, 0.5) is 5.69 Å². The van der Waals surface area contributed by atoms with E-state index in [1.165, 1.54) is 23.5 Å². The van der Waals surface area contributed by atoms with Crippen LogP contribution in [-0.2, 0) is 6.61 Å². The van der Waals surface area contributed by atoms with Crippen molar-refractivity contribution in [3.05, 3.63) is 56.3 Å². The van der Waals surface area contributed by atoms with Crippen molar-refractivity contribution in [1.82, 2.24) is 0 Å². The number of aliphatic hydroxyl groups excluding tert-OH is 1. The van der Waals surface area contributed by atoms with E-state index in [2.05, 4.69) is 11.8 Å². The Balaban J connectivity index is 1.94. The highest BCUT2D eigenvalue weighted by Crippen LogP contribution is 2.21. The van der Waals surface area contributed by atoms with Gasteiger partial charge in [-0.15, -0.1) is 11.3 Å². The number of nitro groups is 1. The minimum Gasteiger partial charge on any atom is -0.488 e. The van der Waals surface area contributed by atoms with E-state index in [0.29, 0.717) is 12.4 Å². The fraction of sp³-hybridized carbons (Fsp3) is 0.143. The number of non-ortho nitro benzene ring substituents is 1.